The van der Waals surface area contributed by atoms with Crippen molar-refractivity contribution in [2.75, 3.05) is 0 Å². The molecule has 5 rings (SSSR count). The first-order valence-corrected chi connectivity index (χ1v) is 14.0. The number of hydrogen-bond donors (Lipinski definition) is 1. The van der Waals surface area contributed by atoms with Gasteiger partial charge in [-0.05, 0) is 101 Å². The lowest BCUT2D eigenvalue weighted by Gasteiger charge is -2.30. The number of aliphatic carboxylic acids is 1. The normalized spacial score (nSPS) is 19.1. The second kappa shape index (κ2) is 11.4. The van der Waals surface area contributed by atoms with E-state index < -0.39 is 23.9 Å². The third-order valence-electron chi connectivity index (χ3n) is 8.49. The van der Waals surface area contributed by atoms with Crippen molar-refractivity contribution < 1.29 is 36.9 Å². The lowest BCUT2D eigenvalue weighted by Crippen LogP contribution is -2.18. The molecular formula is C33H34F4O4. The number of ether oxygens (including phenoxy) is 2. The Labute approximate surface area is 237 Å². The van der Waals surface area contributed by atoms with Crippen LogP contribution in [0.2, 0.25) is 0 Å². The average Bonchev–Trinajstić information content (AvgIpc) is 3.68. The molecule has 4 nitrogen and oxygen atoms in total. The molecule has 218 valence electrons. The van der Waals surface area contributed by atoms with Gasteiger partial charge in [0, 0.05) is 5.56 Å². The van der Waals surface area contributed by atoms with E-state index in [2.05, 4.69) is 18.6 Å². The molecule has 2 saturated carbocycles. The van der Waals surface area contributed by atoms with E-state index in [0.717, 1.165) is 67.0 Å². The van der Waals surface area contributed by atoms with E-state index in [0.29, 0.717) is 17.2 Å². The third-order valence-corrected chi connectivity index (χ3v) is 8.49. The summed E-state index contributed by atoms with van der Waals surface area (Å²) in [5.74, 6) is -0.849. The van der Waals surface area contributed by atoms with Gasteiger partial charge in [0.25, 0.3) is 0 Å². The SMILES string of the molecule is CC1(C)CCC[C@H]1c1cc(COc2cccc([C@@H](CC(=O)O)C3CC3)c2)ccc1-c1cc(OC(F)(F)F)ccc1F. The standard InChI is InChI=1S/C33H34F4O4/c1-32(2)14-4-7-29(32)27-15-20(8-12-25(27)28-17-24(11-13-30(28)34)41-33(35,36)37)19-40-23-6-3-5-22(16-23)26(18-31(38)39)21-9-10-21/h3,5-6,8,11-13,15-17,21,26,29H,4,7,9-10,14,18-19H2,1-2H3,(H,38,39)/t26-,29-/m0/s1. The Morgan fingerprint density at radius 3 is 2.44 bits per heavy atom. The minimum absolute atomic E-state index is 0.0430. The highest BCUT2D eigenvalue weighted by molar-refractivity contribution is 5.71. The first-order valence-electron chi connectivity index (χ1n) is 14.0. The van der Waals surface area contributed by atoms with Gasteiger partial charge in [-0.3, -0.25) is 4.79 Å². The predicted octanol–water partition coefficient (Wildman–Crippen LogP) is 9.23. The zero-order chi connectivity index (χ0) is 29.4. The molecule has 2 atom stereocenters. The summed E-state index contributed by atoms with van der Waals surface area (Å²) < 4.78 is 64.0. The molecule has 0 radical (unpaired) electrons. The molecule has 2 aliphatic carbocycles. The summed E-state index contributed by atoms with van der Waals surface area (Å²) >= 11 is 0. The van der Waals surface area contributed by atoms with Gasteiger partial charge in [0.2, 0.25) is 0 Å². The summed E-state index contributed by atoms with van der Waals surface area (Å²) in [7, 11) is 0. The highest BCUT2D eigenvalue weighted by Gasteiger charge is 2.38. The van der Waals surface area contributed by atoms with Crippen LogP contribution in [-0.2, 0) is 11.4 Å². The van der Waals surface area contributed by atoms with E-state index >= 15 is 4.39 Å². The van der Waals surface area contributed by atoms with Gasteiger partial charge in [-0.25, -0.2) is 4.39 Å². The molecular weight excluding hydrogens is 536 g/mol. The van der Waals surface area contributed by atoms with Crippen molar-refractivity contribution in [2.24, 2.45) is 11.3 Å². The Bertz CT molecular complexity index is 1410. The lowest BCUT2D eigenvalue weighted by atomic mass is 9.75. The van der Waals surface area contributed by atoms with Gasteiger partial charge in [0.05, 0.1) is 6.42 Å². The van der Waals surface area contributed by atoms with Crippen LogP contribution in [0.4, 0.5) is 17.6 Å². The molecule has 8 heteroatoms. The van der Waals surface area contributed by atoms with Crippen LogP contribution >= 0.6 is 0 Å². The van der Waals surface area contributed by atoms with Crippen molar-refractivity contribution in [3.8, 4) is 22.6 Å². The van der Waals surface area contributed by atoms with Crippen molar-refractivity contribution in [2.45, 2.75) is 77.2 Å². The molecule has 0 heterocycles. The van der Waals surface area contributed by atoms with Crippen molar-refractivity contribution in [1.82, 2.24) is 0 Å². The van der Waals surface area contributed by atoms with E-state index in [1.54, 1.807) is 12.1 Å². The first kappa shape index (κ1) is 29.0. The summed E-state index contributed by atoms with van der Waals surface area (Å²) in [5, 5.41) is 9.37. The topological polar surface area (TPSA) is 55.8 Å². The monoisotopic (exact) mass is 570 g/mol. The van der Waals surface area contributed by atoms with Gasteiger partial charge in [0.1, 0.15) is 23.9 Å². The molecule has 0 amide bonds. The summed E-state index contributed by atoms with van der Waals surface area (Å²) in [6, 6.07) is 16.2. The maximum absolute atomic E-state index is 15.1. The smallest absolute Gasteiger partial charge is 0.489 e. The highest BCUT2D eigenvalue weighted by atomic mass is 19.4. The Kier molecular flexibility index (Phi) is 8.04. The Morgan fingerprint density at radius 1 is 1.00 bits per heavy atom. The molecule has 3 aromatic carbocycles. The number of rotatable bonds is 10. The molecule has 41 heavy (non-hydrogen) atoms. The molecule has 2 aliphatic rings. The fourth-order valence-electron chi connectivity index (χ4n) is 6.29. The predicted molar refractivity (Wildman–Crippen MR) is 147 cm³/mol. The minimum atomic E-state index is -4.88. The molecule has 0 aliphatic heterocycles. The number of alkyl halides is 3. The molecule has 1 N–H and O–H groups in total. The van der Waals surface area contributed by atoms with Gasteiger partial charge in [-0.1, -0.05) is 50.6 Å². The van der Waals surface area contributed by atoms with Gasteiger partial charge in [-0.15, -0.1) is 13.2 Å². The second-order valence-electron chi connectivity index (χ2n) is 11.9. The van der Waals surface area contributed by atoms with E-state index in [1.165, 1.54) is 0 Å². The van der Waals surface area contributed by atoms with Crippen molar-refractivity contribution in [1.29, 1.82) is 0 Å². The fraction of sp³-hybridized carbons (Fsp3) is 0.424. The number of carboxylic acid groups (broad SMARTS) is 1. The maximum atomic E-state index is 15.1. The number of hydrogen-bond acceptors (Lipinski definition) is 3. The van der Waals surface area contributed by atoms with Crippen LogP contribution < -0.4 is 9.47 Å². The minimum Gasteiger partial charge on any atom is -0.489 e. The van der Waals surface area contributed by atoms with Crippen LogP contribution in [0.1, 0.15) is 80.9 Å². The number of benzene rings is 3. The van der Waals surface area contributed by atoms with Crippen LogP contribution in [-0.4, -0.2) is 17.4 Å². The average molecular weight is 571 g/mol. The van der Waals surface area contributed by atoms with Gasteiger partial charge in [-0.2, -0.15) is 0 Å². The number of carbonyl (C=O) groups is 1. The molecule has 0 spiro atoms. The van der Waals surface area contributed by atoms with Crippen molar-refractivity contribution in [3.05, 3.63) is 83.2 Å². The largest absolute Gasteiger partial charge is 0.573 e. The molecule has 2 fully saturated rings. The molecule has 3 aromatic rings. The van der Waals surface area contributed by atoms with Crippen LogP contribution in [0.5, 0.6) is 11.5 Å². The van der Waals surface area contributed by atoms with Crippen molar-refractivity contribution >= 4 is 5.97 Å². The maximum Gasteiger partial charge on any atom is 0.573 e. The van der Waals surface area contributed by atoms with E-state index in [-0.39, 0.29) is 35.8 Å². The number of halogens is 4. The van der Waals surface area contributed by atoms with Crippen LogP contribution in [0.15, 0.2) is 60.7 Å². The van der Waals surface area contributed by atoms with E-state index in [1.807, 2.05) is 30.3 Å². The van der Waals surface area contributed by atoms with E-state index in [9.17, 15) is 23.1 Å². The summed E-state index contributed by atoms with van der Waals surface area (Å²) in [4.78, 5) is 11.4. The molecule has 0 bridgehead atoms. The lowest BCUT2D eigenvalue weighted by molar-refractivity contribution is -0.274. The van der Waals surface area contributed by atoms with Gasteiger partial charge < -0.3 is 14.6 Å². The fourth-order valence-corrected chi connectivity index (χ4v) is 6.29. The van der Waals surface area contributed by atoms with Gasteiger partial charge >= 0.3 is 12.3 Å². The van der Waals surface area contributed by atoms with Crippen LogP contribution in [0.25, 0.3) is 11.1 Å². The zero-order valence-electron chi connectivity index (χ0n) is 23.1. The first-order chi connectivity index (χ1) is 19.4. The Balaban J connectivity index is 1.44. The van der Waals surface area contributed by atoms with Crippen LogP contribution in [0.3, 0.4) is 0 Å². The highest BCUT2D eigenvalue weighted by Crippen LogP contribution is 2.51. The number of carboxylic acids is 1. The van der Waals surface area contributed by atoms with Crippen LogP contribution in [0, 0.1) is 17.2 Å². The third kappa shape index (κ3) is 7.03. The summed E-state index contributed by atoms with van der Waals surface area (Å²) in [6.07, 6.45) is 0.144. The second-order valence-corrected chi connectivity index (χ2v) is 11.9. The van der Waals surface area contributed by atoms with Crippen molar-refractivity contribution in [3.63, 3.8) is 0 Å². The molecule has 0 unspecified atom stereocenters. The summed E-state index contributed by atoms with van der Waals surface area (Å²) in [5.41, 5.74) is 3.22. The summed E-state index contributed by atoms with van der Waals surface area (Å²) in [6.45, 7) is 4.56. The molecule has 0 saturated heterocycles. The zero-order valence-corrected chi connectivity index (χ0v) is 23.1. The van der Waals surface area contributed by atoms with E-state index in [4.69, 9.17) is 4.74 Å². The molecule has 0 aromatic heterocycles. The quantitative estimate of drug-likeness (QED) is 0.247. The van der Waals surface area contributed by atoms with Gasteiger partial charge in [0.15, 0.2) is 0 Å². The Hall–Kier alpha value is -3.55. The Morgan fingerprint density at radius 2 is 1.78 bits per heavy atom.